The highest BCUT2D eigenvalue weighted by molar-refractivity contribution is 6.29. The largest absolute Gasteiger partial charge is 0.461 e. The summed E-state index contributed by atoms with van der Waals surface area (Å²) in [5, 5.41) is -0.479. The van der Waals surface area contributed by atoms with Crippen LogP contribution >= 0.6 is 11.6 Å². The molecule has 8 atom stereocenters. The molecule has 4 aliphatic rings. The normalized spacial score (nSPS) is 37.8. The summed E-state index contributed by atoms with van der Waals surface area (Å²) in [4.78, 5) is 12.6. The molecule has 0 aromatic rings. The molecule has 0 heterocycles. The third-order valence-corrected chi connectivity index (χ3v) is 12.2. The number of carbonyl (C=O) groups is 1. The number of unbranched alkanes of at least 4 members (excludes halogenated alkanes) is 7. The van der Waals surface area contributed by atoms with Crippen molar-refractivity contribution in [3.63, 3.8) is 0 Å². The molecule has 2 nitrogen and oxygen atoms in total. The predicted octanol–water partition coefficient (Wildman–Crippen LogP) is 10.4. The quantitative estimate of drug-likeness (QED) is 0.102. The number of halogens is 1. The zero-order valence-corrected chi connectivity index (χ0v) is 25.4. The Morgan fingerprint density at radius 1 is 0.946 bits per heavy atom. The number of carbonyl (C=O) groups excluding carboxylic acids is 1. The summed E-state index contributed by atoms with van der Waals surface area (Å²) in [5.41, 5.74) is 2.48. The molecule has 0 aromatic carbocycles. The fourth-order valence-corrected chi connectivity index (χ4v) is 9.62. The van der Waals surface area contributed by atoms with E-state index in [2.05, 4.69) is 33.8 Å². The average molecular weight is 533 g/mol. The summed E-state index contributed by atoms with van der Waals surface area (Å²) in [6.07, 6.45) is 26.8. The van der Waals surface area contributed by atoms with Crippen molar-refractivity contribution in [2.24, 2.45) is 34.5 Å². The van der Waals surface area contributed by atoms with Crippen molar-refractivity contribution >= 4 is 17.6 Å². The van der Waals surface area contributed by atoms with E-state index >= 15 is 0 Å². The van der Waals surface area contributed by atoms with Gasteiger partial charge in [-0.1, -0.05) is 97.1 Å². The minimum absolute atomic E-state index is 0.0258. The van der Waals surface area contributed by atoms with Crippen LogP contribution in [0, 0.1) is 34.5 Å². The zero-order chi connectivity index (χ0) is 26.5. The monoisotopic (exact) mass is 532 g/mol. The minimum Gasteiger partial charge on any atom is -0.461 e. The van der Waals surface area contributed by atoms with Gasteiger partial charge in [0, 0.05) is 6.42 Å². The lowest BCUT2D eigenvalue weighted by molar-refractivity contribution is -0.151. The summed E-state index contributed by atoms with van der Waals surface area (Å²) in [6.45, 7) is 9.74. The van der Waals surface area contributed by atoms with E-state index in [1.54, 1.807) is 5.57 Å². The fourth-order valence-electron chi connectivity index (χ4n) is 9.41. The number of alkyl halides is 1. The molecular weight excluding hydrogens is 476 g/mol. The topological polar surface area (TPSA) is 26.3 Å². The van der Waals surface area contributed by atoms with Crippen LogP contribution in [0.3, 0.4) is 0 Å². The Bertz CT molecular complexity index is 776. The van der Waals surface area contributed by atoms with Gasteiger partial charge in [-0.05, 0) is 92.3 Å². The first-order valence-electron chi connectivity index (χ1n) is 16.4. The molecule has 37 heavy (non-hydrogen) atoms. The Morgan fingerprint density at radius 3 is 2.46 bits per heavy atom. The summed E-state index contributed by atoms with van der Waals surface area (Å²) >= 11 is 6.39. The summed E-state index contributed by atoms with van der Waals surface area (Å²) < 4.78 is 5.97. The Balaban J connectivity index is 1.32. The number of hydrogen-bond acceptors (Lipinski definition) is 2. The van der Waals surface area contributed by atoms with E-state index in [-0.39, 0.29) is 12.1 Å². The lowest BCUT2D eigenvalue weighted by atomic mass is 9.47. The highest BCUT2D eigenvalue weighted by atomic mass is 35.5. The number of hydrogen-bond donors (Lipinski definition) is 0. The maximum Gasteiger partial charge on any atom is 0.324 e. The third kappa shape index (κ3) is 6.47. The van der Waals surface area contributed by atoms with Gasteiger partial charge in [0.2, 0.25) is 0 Å². The molecule has 0 spiro atoms. The first-order valence-corrected chi connectivity index (χ1v) is 16.8. The van der Waals surface area contributed by atoms with Gasteiger partial charge in [0.15, 0.2) is 0 Å². The first kappa shape index (κ1) is 29.5. The van der Waals surface area contributed by atoms with Crippen LogP contribution in [0.25, 0.3) is 0 Å². The molecule has 3 saturated carbocycles. The fraction of sp³-hybridized carbons (Fsp3) is 0.912. The molecule has 0 radical (unpaired) electrons. The van der Waals surface area contributed by atoms with Gasteiger partial charge in [-0.3, -0.25) is 4.79 Å². The van der Waals surface area contributed by atoms with Crippen LogP contribution in [-0.2, 0) is 9.53 Å². The van der Waals surface area contributed by atoms with E-state index in [0.29, 0.717) is 10.8 Å². The number of rotatable bonds is 13. The summed E-state index contributed by atoms with van der Waals surface area (Å²) in [7, 11) is 0. The molecule has 4 aliphatic carbocycles. The highest BCUT2D eigenvalue weighted by Crippen LogP contribution is 2.66. The van der Waals surface area contributed by atoms with Gasteiger partial charge in [0.1, 0.15) is 11.5 Å². The smallest absolute Gasteiger partial charge is 0.324 e. The molecule has 1 unspecified atom stereocenters. The molecule has 0 amide bonds. The van der Waals surface area contributed by atoms with Crippen molar-refractivity contribution < 1.29 is 9.53 Å². The number of fused-ring (bicyclic) bond motifs is 5. The molecule has 3 fully saturated rings. The molecule has 0 bridgehead atoms. The second kappa shape index (κ2) is 13.2. The molecule has 0 aromatic heterocycles. The van der Waals surface area contributed by atoms with Gasteiger partial charge in [0.25, 0.3) is 0 Å². The third-order valence-electron chi connectivity index (χ3n) is 11.8. The van der Waals surface area contributed by atoms with Crippen molar-refractivity contribution in [3.05, 3.63) is 11.6 Å². The minimum atomic E-state index is -0.479. The standard InChI is InChI=1S/C34H57ClO2/c1-5-7-9-10-11-13-14-25-17-19-29-28-18-16-26-24-27(37-32(36)31(35)15-12-8-6-2)20-22-34(26,4)30(28)21-23-33(25,29)3/h16,25,27-31H,5-15,17-24H2,1-4H3/t25-,27-,28-,29-,30-,31?,33+,34-/m0/s1. The van der Waals surface area contributed by atoms with Gasteiger partial charge in [-0.15, -0.1) is 11.6 Å². The van der Waals surface area contributed by atoms with E-state index < -0.39 is 5.38 Å². The van der Waals surface area contributed by atoms with E-state index in [0.717, 1.165) is 62.2 Å². The lowest BCUT2D eigenvalue weighted by Gasteiger charge is -2.58. The number of allylic oxidation sites excluding steroid dienone is 1. The molecular formula is C34H57ClO2. The van der Waals surface area contributed by atoms with Gasteiger partial charge in [-0.25, -0.2) is 0 Å². The molecule has 4 rings (SSSR count). The van der Waals surface area contributed by atoms with Crippen molar-refractivity contribution in [3.8, 4) is 0 Å². The van der Waals surface area contributed by atoms with Crippen molar-refractivity contribution in [1.29, 1.82) is 0 Å². The predicted molar refractivity (Wildman–Crippen MR) is 157 cm³/mol. The lowest BCUT2D eigenvalue weighted by Crippen LogP contribution is -2.50. The van der Waals surface area contributed by atoms with Crippen LogP contribution < -0.4 is 0 Å². The zero-order valence-electron chi connectivity index (χ0n) is 24.7. The number of ether oxygens (including phenoxy) is 1. The molecule has 0 saturated heterocycles. The van der Waals surface area contributed by atoms with Crippen molar-refractivity contribution in [2.75, 3.05) is 0 Å². The van der Waals surface area contributed by atoms with E-state index in [1.807, 2.05) is 0 Å². The van der Waals surface area contributed by atoms with Gasteiger partial charge < -0.3 is 4.74 Å². The SMILES string of the molecule is CCCCCCCC[C@H]1CC[C@H]2[C@@H]3CC=C4C[C@@H](OC(=O)C(Cl)CCCCC)CC[C@]4(C)[C@H]3CC[C@]12C. The number of esters is 1. The van der Waals surface area contributed by atoms with Crippen LogP contribution in [0.15, 0.2) is 11.6 Å². The maximum atomic E-state index is 12.6. The van der Waals surface area contributed by atoms with Crippen LogP contribution in [-0.4, -0.2) is 17.5 Å². The van der Waals surface area contributed by atoms with Crippen LogP contribution in [0.5, 0.6) is 0 Å². The molecule has 0 aliphatic heterocycles. The van der Waals surface area contributed by atoms with E-state index in [4.69, 9.17) is 16.3 Å². The summed E-state index contributed by atoms with van der Waals surface area (Å²) in [6, 6.07) is 0. The van der Waals surface area contributed by atoms with Gasteiger partial charge >= 0.3 is 5.97 Å². The van der Waals surface area contributed by atoms with Gasteiger partial charge in [-0.2, -0.15) is 0 Å². The maximum absolute atomic E-state index is 12.6. The molecule has 3 heteroatoms. The molecule has 212 valence electrons. The first-order chi connectivity index (χ1) is 17.8. The average Bonchev–Trinajstić information content (AvgIpc) is 3.22. The van der Waals surface area contributed by atoms with Crippen molar-refractivity contribution in [2.45, 2.75) is 161 Å². The highest BCUT2D eigenvalue weighted by Gasteiger charge is 2.58. The molecule has 0 N–H and O–H groups in total. The Kier molecular flexibility index (Phi) is 10.5. The van der Waals surface area contributed by atoms with Crippen LogP contribution in [0.4, 0.5) is 0 Å². The Labute approximate surface area is 234 Å². The Morgan fingerprint density at radius 2 is 1.68 bits per heavy atom. The second-order valence-corrected chi connectivity index (χ2v) is 14.4. The van der Waals surface area contributed by atoms with Crippen LogP contribution in [0.2, 0.25) is 0 Å². The van der Waals surface area contributed by atoms with Crippen LogP contribution in [0.1, 0.15) is 150 Å². The van der Waals surface area contributed by atoms with Gasteiger partial charge in [0.05, 0.1) is 0 Å². The second-order valence-electron chi connectivity index (χ2n) is 13.9. The summed E-state index contributed by atoms with van der Waals surface area (Å²) in [5.74, 6) is 3.38. The Hall–Kier alpha value is -0.500. The van der Waals surface area contributed by atoms with E-state index in [9.17, 15) is 4.79 Å². The van der Waals surface area contributed by atoms with E-state index in [1.165, 1.54) is 83.5 Å². The van der Waals surface area contributed by atoms with Crippen molar-refractivity contribution in [1.82, 2.24) is 0 Å².